The van der Waals surface area contributed by atoms with E-state index in [1.165, 1.54) is 0 Å². The Hall–Kier alpha value is -1.59. The molecular weight excluding hydrogens is 278 g/mol. The lowest BCUT2D eigenvalue weighted by atomic mass is 9.98. The van der Waals surface area contributed by atoms with Crippen LogP contribution in [0.1, 0.15) is 18.5 Å². The maximum Gasteiger partial charge on any atom is 0.307 e. The van der Waals surface area contributed by atoms with Crippen molar-refractivity contribution in [3.63, 3.8) is 0 Å². The molecule has 1 aliphatic rings. The van der Waals surface area contributed by atoms with Gasteiger partial charge in [0.2, 0.25) is 0 Å². The maximum atomic E-state index is 11.1. The molecule has 0 aromatic carbocycles. The van der Waals surface area contributed by atoms with Crippen LogP contribution >= 0.6 is 11.6 Å². The third-order valence-electron chi connectivity index (χ3n) is 3.71. The topological polar surface area (TPSA) is 57.8 Å². The molecule has 5 nitrogen and oxygen atoms in total. The summed E-state index contributed by atoms with van der Waals surface area (Å²) < 4.78 is 1.90. The molecule has 0 amide bonds. The standard InChI is InChI=1S/C14H16ClN3O2/c15-11-3-4-13-16-12(9-18(13)7-11)8-17-5-1-2-10(6-17)14(19)20/h3-4,7,9-10H,1-2,5-6,8H2,(H,19,20). The quantitative estimate of drug-likeness (QED) is 0.943. The van der Waals surface area contributed by atoms with Crippen molar-refractivity contribution in [1.82, 2.24) is 14.3 Å². The smallest absolute Gasteiger partial charge is 0.307 e. The van der Waals surface area contributed by atoms with Gasteiger partial charge in [0, 0.05) is 25.5 Å². The van der Waals surface area contributed by atoms with Gasteiger partial charge < -0.3 is 9.51 Å². The third kappa shape index (κ3) is 2.78. The fraction of sp³-hybridized carbons (Fsp3) is 0.429. The molecule has 3 heterocycles. The van der Waals surface area contributed by atoms with E-state index < -0.39 is 5.97 Å². The minimum absolute atomic E-state index is 0.254. The van der Waals surface area contributed by atoms with Crippen LogP contribution in [0.2, 0.25) is 5.02 Å². The average Bonchev–Trinajstić information content (AvgIpc) is 2.80. The Balaban J connectivity index is 1.74. The molecule has 1 fully saturated rings. The van der Waals surface area contributed by atoms with E-state index in [4.69, 9.17) is 16.7 Å². The van der Waals surface area contributed by atoms with Gasteiger partial charge in [-0.05, 0) is 31.5 Å². The van der Waals surface area contributed by atoms with Crippen LogP contribution in [-0.4, -0.2) is 38.4 Å². The highest BCUT2D eigenvalue weighted by Crippen LogP contribution is 2.19. The highest BCUT2D eigenvalue weighted by Gasteiger charge is 2.25. The van der Waals surface area contributed by atoms with Crippen molar-refractivity contribution in [3.8, 4) is 0 Å². The number of fused-ring (bicyclic) bond motifs is 1. The van der Waals surface area contributed by atoms with Crippen molar-refractivity contribution in [3.05, 3.63) is 35.2 Å². The van der Waals surface area contributed by atoms with E-state index in [1.807, 2.05) is 28.9 Å². The average molecular weight is 294 g/mol. The number of rotatable bonds is 3. The van der Waals surface area contributed by atoms with Gasteiger partial charge >= 0.3 is 5.97 Å². The van der Waals surface area contributed by atoms with Crippen molar-refractivity contribution in [2.75, 3.05) is 13.1 Å². The molecule has 0 radical (unpaired) electrons. The Morgan fingerprint density at radius 3 is 3.10 bits per heavy atom. The summed E-state index contributed by atoms with van der Waals surface area (Å²) in [6, 6.07) is 3.69. The molecule has 2 aromatic heterocycles. The minimum Gasteiger partial charge on any atom is -0.481 e. The summed E-state index contributed by atoms with van der Waals surface area (Å²) in [7, 11) is 0. The fourth-order valence-electron chi connectivity index (χ4n) is 2.72. The van der Waals surface area contributed by atoms with Crippen LogP contribution in [-0.2, 0) is 11.3 Å². The summed E-state index contributed by atoms with van der Waals surface area (Å²) in [5.41, 5.74) is 1.80. The summed E-state index contributed by atoms with van der Waals surface area (Å²) in [5.74, 6) is -0.952. The minimum atomic E-state index is -0.698. The zero-order valence-electron chi connectivity index (χ0n) is 11.0. The SMILES string of the molecule is O=C(O)C1CCCN(Cc2cn3cc(Cl)ccc3n2)C1. The molecule has 0 saturated carbocycles. The Kier molecular flexibility index (Phi) is 3.63. The lowest BCUT2D eigenvalue weighted by Crippen LogP contribution is -2.38. The summed E-state index contributed by atoms with van der Waals surface area (Å²) in [4.78, 5) is 17.8. The normalized spacial score (nSPS) is 20.4. The van der Waals surface area contributed by atoms with Crippen LogP contribution < -0.4 is 0 Å². The molecule has 1 unspecified atom stereocenters. The summed E-state index contributed by atoms with van der Waals surface area (Å²) >= 11 is 5.95. The van der Waals surface area contributed by atoms with Gasteiger partial charge in [0.05, 0.1) is 16.6 Å². The van der Waals surface area contributed by atoms with Crippen LogP contribution in [0.5, 0.6) is 0 Å². The van der Waals surface area contributed by atoms with Crippen molar-refractivity contribution in [2.45, 2.75) is 19.4 Å². The zero-order chi connectivity index (χ0) is 14.1. The molecule has 0 aliphatic carbocycles. The first-order valence-corrected chi connectivity index (χ1v) is 7.08. The first-order valence-electron chi connectivity index (χ1n) is 6.70. The third-order valence-corrected chi connectivity index (χ3v) is 3.93. The van der Waals surface area contributed by atoms with Gasteiger partial charge in [-0.25, -0.2) is 4.98 Å². The zero-order valence-corrected chi connectivity index (χ0v) is 11.8. The molecular formula is C14H16ClN3O2. The van der Waals surface area contributed by atoms with Crippen molar-refractivity contribution in [2.24, 2.45) is 5.92 Å². The van der Waals surface area contributed by atoms with Gasteiger partial charge in [-0.15, -0.1) is 0 Å². The first-order chi connectivity index (χ1) is 9.61. The van der Waals surface area contributed by atoms with Crippen LogP contribution in [0.3, 0.4) is 0 Å². The van der Waals surface area contributed by atoms with E-state index in [-0.39, 0.29) is 5.92 Å². The largest absolute Gasteiger partial charge is 0.481 e. The predicted molar refractivity (Wildman–Crippen MR) is 75.8 cm³/mol. The molecule has 1 aliphatic heterocycles. The maximum absolute atomic E-state index is 11.1. The number of carbonyl (C=O) groups is 1. The van der Waals surface area contributed by atoms with Gasteiger partial charge in [-0.2, -0.15) is 0 Å². The van der Waals surface area contributed by atoms with Crippen LogP contribution in [0, 0.1) is 5.92 Å². The lowest BCUT2D eigenvalue weighted by molar-refractivity contribution is -0.143. The van der Waals surface area contributed by atoms with Crippen LogP contribution in [0.25, 0.3) is 5.65 Å². The van der Waals surface area contributed by atoms with E-state index in [9.17, 15) is 4.79 Å². The number of carboxylic acid groups (broad SMARTS) is 1. The number of nitrogens with zero attached hydrogens (tertiary/aromatic N) is 3. The monoisotopic (exact) mass is 293 g/mol. The van der Waals surface area contributed by atoms with Crippen molar-refractivity contribution >= 4 is 23.2 Å². The lowest BCUT2D eigenvalue weighted by Gasteiger charge is -2.29. The number of aliphatic carboxylic acids is 1. The second-order valence-corrected chi connectivity index (χ2v) is 5.69. The summed E-state index contributed by atoms with van der Waals surface area (Å²) in [6.07, 6.45) is 5.47. The highest BCUT2D eigenvalue weighted by molar-refractivity contribution is 6.30. The number of hydrogen-bond donors (Lipinski definition) is 1. The number of pyridine rings is 1. The van der Waals surface area contributed by atoms with Gasteiger partial charge in [-0.1, -0.05) is 11.6 Å². The first kappa shape index (κ1) is 13.4. The van der Waals surface area contributed by atoms with E-state index in [1.54, 1.807) is 0 Å². The number of imidazole rings is 1. The predicted octanol–water partition coefficient (Wildman–Crippen LogP) is 2.28. The van der Waals surface area contributed by atoms with Gasteiger partial charge in [0.1, 0.15) is 5.65 Å². The molecule has 0 spiro atoms. The number of aromatic nitrogens is 2. The molecule has 6 heteroatoms. The highest BCUT2D eigenvalue weighted by atomic mass is 35.5. The van der Waals surface area contributed by atoms with Crippen molar-refractivity contribution in [1.29, 1.82) is 0 Å². The van der Waals surface area contributed by atoms with Crippen LogP contribution in [0.15, 0.2) is 24.5 Å². The number of hydrogen-bond acceptors (Lipinski definition) is 3. The van der Waals surface area contributed by atoms with Gasteiger partial charge in [0.25, 0.3) is 0 Å². The molecule has 3 rings (SSSR count). The summed E-state index contributed by atoms with van der Waals surface area (Å²) in [5, 5.41) is 9.78. The number of halogens is 1. The van der Waals surface area contributed by atoms with E-state index in [0.29, 0.717) is 18.1 Å². The van der Waals surface area contributed by atoms with Crippen LogP contribution in [0.4, 0.5) is 0 Å². The molecule has 2 aromatic rings. The molecule has 106 valence electrons. The number of likely N-dealkylation sites (tertiary alicyclic amines) is 1. The van der Waals surface area contributed by atoms with E-state index >= 15 is 0 Å². The Morgan fingerprint density at radius 2 is 2.30 bits per heavy atom. The molecule has 20 heavy (non-hydrogen) atoms. The number of carboxylic acids is 1. The Morgan fingerprint density at radius 1 is 1.45 bits per heavy atom. The fourth-order valence-corrected chi connectivity index (χ4v) is 2.89. The number of piperidine rings is 1. The van der Waals surface area contributed by atoms with E-state index in [0.717, 1.165) is 30.7 Å². The Labute approximate surface area is 121 Å². The second kappa shape index (κ2) is 5.42. The Bertz CT molecular complexity index is 640. The van der Waals surface area contributed by atoms with Gasteiger partial charge in [0.15, 0.2) is 0 Å². The van der Waals surface area contributed by atoms with Gasteiger partial charge in [-0.3, -0.25) is 9.69 Å². The van der Waals surface area contributed by atoms with E-state index in [2.05, 4.69) is 9.88 Å². The summed E-state index contributed by atoms with van der Waals surface area (Å²) in [6.45, 7) is 2.21. The van der Waals surface area contributed by atoms with Crippen molar-refractivity contribution < 1.29 is 9.90 Å². The second-order valence-electron chi connectivity index (χ2n) is 5.26. The molecule has 0 bridgehead atoms. The molecule has 1 saturated heterocycles. The molecule has 1 N–H and O–H groups in total. The molecule has 1 atom stereocenters.